The van der Waals surface area contributed by atoms with Crippen molar-refractivity contribution in [3.05, 3.63) is 24.3 Å². The summed E-state index contributed by atoms with van der Waals surface area (Å²) in [7, 11) is -3.03. The van der Waals surface area contributed by atoms with Gasteiger partial charge in [-0.3, -0.25) is 9.59 Å². The van der Waals surface area contributed by atoms with Crippen molar-refractivity contribution >= 4 is 39.1 Å². The third-order valence-electron chi connectivity index (χ3n) is 4.49. The molecular weight excluding hydrogens is 372 g/mol. The molecular formula is C18H26N2O4S2. The van der Waals surface area contributed by atoms with Crippen molar-refractivity contribution in [3.8, 4) is 0 Å². The second-order valence-corrected chi connectivity index (χ2v) is 9.89. The van der Waals surface area contributed by atoms with Gasteiger partial charge >= 0.3 is 0 Å². The van der Waals surface area contributed by atoms with Crippen LogP contribution in [-0.4, -0.2) is 54.5 Å². The largest absolute Gasteiger partial charge is 0.335 e. The van der Waals surface area contributed by atoms with E-state index in [-0.39, 0.29) is 41.2 Å². The summed E-state index contributed by atoms with van der Waals surface area (Å²) >= 11 is 1.42. The number of hydrogen-bond donors (Lipinski definition) is 1. The van der Waals surface area contributed by atoms with Gasteiger partial charge in [0.2, 0.25) is 11.8 Å². The number of benzene rings is 1. The topological polar surface area (TPSA) is 83.6 Å². The van der Waals surface area contributed by atoms with E-state index >= 15 is 0 Å². The van der Waals surface area contributed by atoms with E-state index < -0.39 is 9.84 Å². The molecule has 0 radical (unpaired) electrons. The molecule has 1 N–H and O–H groups in total. The number of amides is 2. The van der Waals surface area contributed by atoms with E-state index in [1.54, 1.807) is 17.0 Å². The number of sulfone groups is 1. The zero-order chi connectivity index (χ0) is 19.3. The highest BCUT2D eigenvalue weighted by molar-refractivity contribution is 8.00. The fraction of sp³-hybridized carbons (Fsp3) is 0.556. The van der Waals surface area contributed by atoms with Crippen LogP contribution in [-0.2, 0) is 19.4 Å². The fourth-order valence-corrected chi connectivity index (χ4v) is 5.54. The van der Waals surface area contributed by atoms with Crippen LogP contribution in [0.4, 0.5) is 5.69 Å². The molecule has 0 saturated carbocycles. The first kappa shape index (κ1) is 20.8. The van der Waals surface area contributed by atoms with Crippen LogP contribution >= 0.6 is 11.8 Å². The van der Waals surface area contributed by atoms with E-state index in [0.29, 0.717) is 12.1 Å². The Labute approximate surface area is 159 Å². The number of anilines is 1. The molecule has 0 aliphatic carbocycles. The summed E-state index contributed by atoms with van der Waals surface area (Å²) in [6.45, 7) is 5.42. The minimum atomic E-state index is -3.03. The predicted molar refractivity (Wildman–Crippen MR) is 105 cm³/mol. The smallest absolute Gasteiger partial charge is 0.233 e. The summed E-state index contributed by atoms with van der Waals surface area (Å²) in [4.78, 5) is 26.5. The molecule has 8 heteroatoms. The normalized spacial score (nSPS) is 19.7. The number of hydrogen-bond acceptors (Lipinski definition) is 5. The van der Waals surface area contributed by atoms with Crippen LogP contribution in [0.3, 0.4) is 0 Å². The molecule has 1 saturated heterocycles. The number of thioether (sulfide) groups is 1. The Morgan fingerprint density at radius 1 is 1.31 bits per heavy atom. The van der Waals surface area contributed by atoms with Crippen molar-refractivity contribution in [2.45, 2.75) is 50.6 Å². The van der Waals surface area contributed by atoms with Crippen molar-refractivity contribution in [3.63, 3.8) is 0 Å². The zero-order valence-electron chi connectivity index (χ0n) is 15.4. The van der Waals surface area contributed by atoms with Crippen LogP contribution in [0, 0.1) is 0 Å². The molecule has 1 aromatic rings. The molecule has 1 aliphatic heterocycles. The minimum absolute atomic E-state index is 0.0172. The summed E-state index contributed by atoms with van der Waals surface area (Å²) in [6, 6.07) is 7.11. The average molecular weight is 399 g/mol. The molecule has 6 nitrogen and oxygen atoms in total. The summed E-state index contributed by atoms with van der Waals surface area (Å²) < 4.78 is 23.6. The Hall–Kier alpha value is -1.54. The monoisotopic (exact) mass is 398 g/mol. The first-order valence-electron chi connectivity index (χ1n) is 8.74. The molecule has 0 spiro atoms. The third kappa shape index (κ3) is 5.74. The Morgan fingerprint density at radius 2 is 1.96 bits per heavy atom. The van der Waals surface area contributed by atoms with E-state index in [9.17, 15) is 18.0 Å². The van der Waals surface area contributed by atoms with Crippen molar-refractivity contribution in [2.24, 2.45) is 0 Å². The van der Waals surface area contributed by atoms with Crippen molar-refractivity contribution in [1.29, 1.82) is 0 Å². The van der Waals surface area contributed by atoms with Crippen LogP contribution in [0.5, 0.6) is 0 Å². The summed E-state index contributed by atoms with van der Waals surface area (Å²) in [5, 5.41) is 2.70. The number of carbonyl (C=O) groups is 2. The quantitative estimate of drug-likeness (QED) is 0.714. The van der Waals surface area contributed by atoms with Gasteiger partial charge in [0.05, 0.1) is 17.3 Å². The fourth-order valence-electron chi connectivity index (χ4n) is 3.06. The first-order valence-corrected chi connectivity index (χ1v) is 11.5. The van der Waals surface area contributed by atoms with Gasteiger partial charge in [0.25, 0.3) is 0 Å². The third-order valence-corrected chi connectivity index (χ3v) is 7.24. The molecule has 2 rings (SSSR count). The summed E-state index contributed by atoms with van der Waals surface area (Å²) in [6.07, 6.45) is 1.31. The van der Waals surface area contributed by atoms with Crippen LogP contribution in [0.15, 0.2) is 29.2 Å². The van der Waals surface area contributed by atoms with Gasteiger partial charge in [-0.25, -0.2) is 8.42 Å². The number of carbonyl (C=O) groups excluding carboxylic acids is 2. The van der Waals surface area contributed by atoms with Gasteiger partial charge in [-0.05, 0) is 44.0 Å². The van der Waals surface area contributed by atoms with Crippen LogP contribution in [0.1, 0.15) is 33.6 Å². The molecule has 2 atom stereocenters. The molecule has 0 unspecified atom stereocenters. The van der Waals surface area contributed by atoms with E-state index in [4.69, 9.17) is 0 Å². The standard InChI is InChI=1S/C18H26N2O4S2/c1-4-13(2)20(16-9-10-26(23,24)12-16)18(22)11-25-17-7-5-15(6-8-17)19-14(3)21/h5-8,13,16H,4,9-12H2,1-3H3,(H,19,21)/t13-,16-/m0/s1. The molecule has 0 aromatic heterocycles. The number of nitrogens with zero attached hydrogens (tertiary/aromatic N) is 1. The lowest BCUT2D eigenvalue weighted by molar-refractivity contribution is -0.132. The lowest BCUT2D eigenvalue weighted by atomic mass is 10.1. The van der Waals surface area contributed by atoms with E-state index in [1.165, 1.54) is 18.7 Å². The maximum Gasteiger partial charge on any atom is 0.233 e. The SMILES string of the molecule is CC[C@H](C)N(C(=O)CSc1ccc(NC(C)=O)cc1)[C@H]1CCS(=O)(=O)C1. The van der Waals surface area contributed by atoms with E-state index in [1.807, 2.05) is 26.0 Å². The van der Waals surface area contributed by atoms with Crippen molar-refractivity contribution in [2.75, 3.05) is 22.6 Å². The highest BCUT2D eigenvalue weighted by Gasteiger charge is 2.36. The molecule has 144 valence electrons. The second kappa shape index (κ2) is 8.90. The van der Waals surface area contributed by atoms with E-state index in [2.05, 4.69) is 5.32 Å². The molecule has 26 heavy (non-hydrogen) atoms. The molecule has 1 aliphatic rings. The van der Waals surface area contributed by atoms with Crippen LogP contribution in [0.2, 0.25) is 0 Å². The first-order chi connectivity index (χ1) is 12.2. The maximum atomic E-state index is 12.8. The highest BCUT2D eigenvalue weighted by atomic mass is 32.2. The number of nitrogens with one attached hydrogen (secondary N) is 1. The van der Waals surface area contributed by atoms with Gasteiger partial charge in [-0.1, -0.05) is 6.92 Å². The second-order valence-electron chi connectivity index (χ2n) is 6.61. The van der Waals surface area contributed by atoms with Crippen LogP contribution < -0.4 is 5.32 Å². The summed E-state index contributed by atoms with van der Waals surface area (Å²) in [5.74, 6) is 0.337. The zero-order valence-corrected chi connectivity index (χ0v) is 17.0. The lowest BCUT2D eigenvalue weighted by Crippen LogP contribution is -2.47. The van der Waals surface area contributed by atoms with Gasteiger partial charge < -0.3 is 10.2 Å². The Balaban J connectivity index is 1.99. The van der Waals surface area contributed by atoms with Gasteiger partial charge in [0, 0.05) is 29.6 Å². The molecule has 0 bridgehead atoms. The Morgan fingerprint density at radius 3 is 2.46 bits per heavy atom. The van der Waals surface area contributed by atoms with E-state index in [0.717, 1.165) is 11.3 Å². The van der Waals surface area contributed by atoms with Crippen molar-refractivity contribution < 1.29 is 18.0 Å². The maximum absolute atomic E-state index is 12.8. The van der Waals surface area contributed by atoms with Gasteiger partial charge in [-0.15, -0.1) is 11.8 Å². The van der Waals surface area contributed by atoms with Gasteiger partial charge in [0.15, 0.2) is 9.84 Å². The molecule has 1 heterocycles. The molecule has 2 amide bonds. The Bertz CT molecular complexity index is 747. The number of rotatable bonds is 7. The average Bonchev–Trinajstić information content (AvgIpc) is 2.93. The van der Waals surface area contributed by atoms with Gasteiger partial charge in [-0.2, -0.15) is 0 Å². The molecule has 1 fully saturated rings. The summed E-state index contributed by atoms with van der Waals surface area (Å²) in [5.41, 5.74) is 0.713. The van der Waals surface area contributed by atoms with Gasteiger partial charge in [0.1, 0.15) is 0 Å². The molecule has 1 aromatic carbocycles. The lowest BCUT2D eigenvalue weighted by Gasteiger charge is -2.33. The minimum Gasteiger partial charge on any atom is -0.335 e. The predicted octanol–water partition coefficient (Wildman–Crippen LogP) is 2.55. The Kier molecular flexibility index (Phi) is 7.11. The highest BCUT2D eigenvalue weighted by Crippen LogP contribution is 2.25. The van der Waals surface area contributed by atoms with Crippen molar-refractivity contribution in [1.82, 2.24) is 4.90 Å². The van der Waals surface area contributed by atoms with Crippen LogP contribution in [0.25, 0.3) is 0 Å².